The quantitative estimate of drug-likeness (QED) is 0.650. The lowest BCUT2D eigenvalue weighted by Gasteiger charge is -2.36. The standard InChI is InChI=1S/C21H25N5O2S/c1-4-22-20-25-16-10-14(9-13(2)17(16)29-20)15-11-23-19(24-12-15)26-7-5-21(3,6-8-26)18(27)28/h9-12H,4-8H2,1-3H3,(H,22,25)(H,27,28). The number of benzene rings is 1. The zero-order valence-corrected chi connectivity index (χ0v) is 17.7. The van der Waals surface area contributed by atoms with Gasteiger partial charge in [0.1, 0.15) is 0 Å². The molecule has 0 unspecified atom stereocenters. The van der Waals surface area contributed by atoms with E-state index in [0.29, 0.717) is 31.9 Å². The normalized spacial score (nSPS) is 16.2. The molecule has 2 aromatic heterocycles. The van der Waals surface area contributed by atoms with Crippen LogP contribution in [0.2, 0.25) is 0 Å². The number of piperidine rings is 1. The molecular weight excluding hydrogens is 386 g/mol. The minimum absolute atomic E-state index is 0.598. The highest BCUT2D eigenvalue weighted by molar-refractivity contribution is 7.22. The molecule has 2 N–H and O–H groups in total. The first kappa shape index (κ1) is 19.6. The number of aromatic nitrogens is 3. The van der Waals surface area contributed by atoms with Crippen molar-refractivity contribution in [2.75, 3.05) is 29.9 Å². The van der Waals surface area contributed by atoms with Crippen molar-refractivity contribution in [1.82, 2.24) is 15.0 Å². The van der Waals surface area contributed by atoms with E-state index < -0.39 is 11.4 Å². The highest BCUT2D eigenvalue weighted by atomic mass is 32.1. The molecule has 0 amide bonds. The Hall–Kier alpha value is -2.74. The summed E-state index contributed by atoms with van der Waals surface area (Å²) in [5.41, 5.74) is 3.51. The molecule has 3 aromatic rings. The van der Waals surface area contributed by atoms with Gasteiger partial charge in [-0.2, -0.15) is 0 Å². The molecule has 152 valence electrons. The van der Waals surface area contributed by atoms with Gasteiger partial charge >= 0.3 is 5.97 Å². The molecule has 0 radical (unpaired) electrons. The van der Waals surface area contributed by atoms with Gasteiger partial charge in [-0.1, -0.05) is 11.3 Å². The molecule has 3 heterocycles. The molecule has 29 heavy (non-hydrogen) atoms. The summed E-state index contributed by atoms with van der Waals surface area (Å²) < 4.78 is 1.19. The predicted octanol–water partition coefficient (Wildman–Crippen LogP) is 4.18. The van der Waals surface area contributed by atoms with Gasteiger partial charge in [-0.25, -0.2) is 15.0 Å². The van der Waals surface area contributed by atoms with Gasteiger partial charge in [-0.3, -0.25) is 4.79 Å². The first-order valence-corrected chi connectivity index (χ1v) is 10.7. The van der Waals surface area contributed by atoms with Crippen molar-refractivity contribution < 1.29 is 9.90 Å². The summed E-state index contributed by atoms with van der Waals surface area (Å²) in [6, 6.07) is 4.23. The maximum atomic E-state index is 11.4. The van der Waals surface area contributed by atoms with Crippen LogP contribution < -0.4 is 10.2 Å². The number of carboxylic acid groups (broad SMARTS) is 1. The highest BCUT2D eigenvalue weighted by Crippen LogP contribution is 2.34. The van der Waals surface area contributed by atoms with E-state index in [-0.39, 0.29) is 0 Å². The second-order valence-electron chi connectivity index (χ2n) is 7.82. The topological polar surface area (TPSA) is 91.2 Å². The van der Waals surface area contributed by atoms with E-state index in [9.17, 15) is 9.90 Å². The number of carboxylic acids is 1. The van der Waals surface area contributed by atoms with E-state index >= 15 is 0 Å². The number of carbonyl (C=O) groups is 1. The Morgan fingerprint density at radius 3 is 2.55 bits per heavy atom. The number of hydrogen-bond acceptors (Lipinski definition) is 7. The van der Waals surface area contributed by atoms with E-state index in [1.807, 2.05) is 19.3 Å². The average molecular weight is 412 g/mol. The average Bonchev–Trinajstić information content (AvgIpc) is 3.12. The Kier molecular flexibility index (Phi) is 5.12. The fourth-order valence-corrected chi connectivity index (χ4v) is 4.62. The lowest BCUT2D eigenvalue weighted by molar-refractivity contribution is -0.149. The fraction of sp³-hybridized carbons (Fsp3) is 0.429. The van der Waals surface area contributed by atoms with E-state index in [1.165, 1.54) is 10.3 Å². The molecule has 4 rings (SSSR count). The van der Waals surface area contributed by atoms with Crippen LogP contribution in [0.25, 0.3) is 21.3 Å². The first-order valence-electron chi connectivity index (χ1n) is 9.85. The molecule has 1 aliphatic heterocycles. The summed E-state index contributed by atoms with van der Waals surface area (Å²) in [6.45, 7) is 8.13. The van der Waals surface area contributed by atoms with Gasteiger partial charge in [0, 0.05) is 37.6 Å². The van der Waals surface area contributed by atoms with E-state index in [4.69, 9.17) is 0 Å². The fourth-order valence-electron chi connectivity index (χ4n) is 3.64. The lowest BCUT2D eigenvalue weighted by Crippen LogP contribution is -2.43. The highest BCUT2D eigenvalue weighted by Gasteiger charge is 2.37. The van der Waals surface area contributed by atoms with Gasteiger partial charge in [-0.15, -0.1) is 0 Å². The largest absolute Gasteiger partial charge is 0.481 e. The number of rotatable bonds is 5. The molecule has 1 aliphatic rings. The van der Waals surface area contributed by atoms with Gasteiger partial charge in [-0.05, 0) is 56.9 Å². The van der Waals surface area contributed by atoms with Crippen LogP contribution in [0, 0.1) is 12.3 Å². The zero-order chi connectivity index (χ0) is 20.6. The Bertz CT molecular complexity index is 1040. The Labute approximate surface area is 173 Å². The third-order valence-corrected chi connectivity index (χ3v) is 6.81. The molecule has 0 saturated carbocycles. The number of thiazole rings is 1. The maximum absolute atomic E-state index is 11.4. The van der Waals surface area contributed by atoms with Crippen LogP contribution in [0.5, 0.6) is 0 Å². The summed E-state index contributed by atoms with van der Waals surface area (Å²) >= 11 is 1.67. The zero-order valence-electron chi connectivity index (χ0n) is 16.9. The monoisotopic (exact) mass is 411 g/mol. The maximum Gasteiger partial charge on any atom is 0.309 e. The number of aliphatic carboxylic acids is 1. The van der Waals surface area contributed by atoms with Crippen molar-refractivity contribution in [3.05, 3.63) is 30.1 Å². The Balaban J connectivity index is 1.54. The summed E-state index contributed by atoms with van der Waals surface area (Å²) in [5.74, 6) is -0.0689. The van der Waals surface area contributed by atoms with Gasteiger partial charge in [0.2, 0.25) is 5.95 Å². The van der Waals surface area contributed by atoms with Gasteiger partial charge in [0.25, 0.3) is 0 Å². The molecule has 0 aliphatic carbocycles. The van der Waals surface area contributed by atoms with Crippen LogP contribution in [0.1, 0.15) is 32.3 Å². The minimum atomic E-state index is -0.724. The third kappa shape index (κ3) is 3.76. The lowest BCUT2D eigenvalue weighted by atomic mass is 9.80. The van der Waals surface area contributed by atoms with Crippen LogP contribution in [-0.2, 0) is 4.79 Å². The molecule has 1 fully saturated rings. The third-order valence-electron chi connectivity index (χ3n) is 5.64. The second-order valence-corrected chi connectivity index (χ2v) is 8.81. The molecule has 0 spiro atoms. The van der Waals surface area contributed by atoms with Crippen LogP contribution in [0.15, 0.2) is 24.5 Å². The van der Waals surface area contributed by atoms with Crippen LogP contribution in [0.4, 0.5) is 11.1 Å². The number of anilines is 2. The van der Waals surface area contributed by atoms with Gasteiger partial charge in [0.15, 0.2) is 5.13 Å². The predicted molar refractivity (Wildman–Crippen MR) is 117 cm³/mol. The molecule has 0 atom stereocenters. The van der Waals surface area contributed by atoms with Crippen molar-refractivity contribution in [3.8, 4) is 11.1 Å². The second kappa shape index (κ2) is 7.59. The number of fused-ring (bicyclic) bond motifs is 1. The molecule has 1 aromatic carbocycles. The van der Waals surface area contributed by atoms with Crippen molar-refractivity contribution >= 4 is 38.6 Å². The Morgan fingerprint density at radius 1 is 1.24 bits per heavy atom. The van der Waals surface area contributed by atoms with Crippen LogP contribution in [0.3, 0.4) is 0 Å². The summed E-state index contributed by atoms with van der Waals surface area (Å²) in [4.78, 5) is 27.3. The SMILES string of the molecule is CCNc1nc2cc(-c3cnc(N4CCC(C)(C(=O)O)CC4)nc3)cc(C)c2s1. The van der Waals surface area contributed by atoms with E-state index in [0.717, 1.165) is 28.3 Å². The number of nitrogens with one attached hydrogen (secondary N) is 1. The van der Waals surface area contributed by atoms with Gasteiger partial charge < -0.3 is 15.3 Å². The number of hydrogen-bond donors (Lipinski definition) is 2. The van der Waals surface area contributed by atoms with Crippen molar-refractivity contribution in [2.45, 2.75) is 33.6 Å². The molecule has 0 bridgehead atoms. The first-order chi connectivity index (χ1) is 13.9. The summed E-state index contributed by atoms with van der Waals surface area (Å²) in [6.07, 6.45) is 4.87. The van der Waals surface area contributed by atoms with Gasteiger partial charge in [0.05, 0.1) is 15.6 Å². The molecule has 7 nitrogen and oxygen atoms in total. The minimum Gasteiger partial charge on any atom is -0.481 e. The number of nitrogens with zero attached hydrogens (tertiary/aromatic N) is 4. The number of aryl methyl sites for hydroxylation is 1. The molecular formula is C21H25N5O2S. The van der Waals surface area contributed by atoms with Crippen LogP contribution in [-0.4, -0.2) is 45.7 Å². The van der Waals surface area contributed by atoms with Crippen molar-refractivity contribution in [2.24, 2.45) is 5.41 Å². The summed E-state index contributed by atoms with van der Waals surface area (Å²) in [5, 5.41) is 13.6. The van der Waals surface area contributed by atoms with Crippen molar-refractivity contribution in [3.63, 3.8) is 0 Å². The van der Waals surface area contributed by atoms with E-state index in [2.05, 4.69) is 51.1 Å². The van der Waals surface area contributed by atoms with E-state index in [1.54, 1.807) is 11.3 Å². The smallest absolute Gasteiger partial charge is 0.309 e. The Morgan fingerprint density at radius 2 is 1.93 bits per heavy atom. The molecule has 1 saturated heterocycles. The van der Waals surface area contributed by atoms with Crippen LogP contribution >= 0.6 is 11.3 Å². The van der Waals surface area contributed by atoms with Crippen molar-refractivity contribution in [1.29, 1.82) is 0 Å². The molecule has 8 heteroatoms. The summed E-state index contributed by atoms with van der Waals surface area (Å²) in [7, 11) is 0.